The summed E-state index contributed by atoms with van der Waals surface area (Å²) < 4.78 is 41.7. The fraction of sp³-hybridized carbons (Fsp3) is 0.630. The van der Waals surface area contributed by atoms with Gasteiger partial charge in [-0.15, -0.1) is 11.3 Å². The maximum atomic E-state index is 13.9. The standard InChI is InChI=1S/C21H27F3N4O2S.C6H11NO/c1-11-16(31-18(27-11)17(29)26-10-19(2,3)30)13-9-25-15(8-14(13)21(22,23)24)28-20(4,5)12-6-7-12;1-6-3-2-4-7(6)5-8/h8-9,12,30H,6-7,10H2,1-5H3,(H,25,28)(H,26,29);5-6H,2-4H2,1H3. The Labute approximate surface area is 231 Å². The summed E-state index contributed by atoms with van der Waals surface area (Å²) in [6.07, 6.45) is 1.98. The third kappa shape index (κ3) is 8.38. The molecule has 4 rings (SSSR count). The number of alkyl halides is 3. The van der Waals surface area contributed by atoms with Crippen LogP contribution in [-0.2, 0) is 11.0 Å². The van der Waals surface area contributed by atoms with Gasteiger partial charge in [-0.05, 0) is 79.2 Å². The minimum Gasteiger partial charge on any atom is -0.389 e. The first-order chi connectivity index (χ1) is 18.0. The molecule has 3 N–H and O–H groups in total. The van der Waals surface area contributed by atoms with Crippen LogP contribution < -0.4 is 10.6 Å². The third-order valence-electron chi connectivity index (χ3n) is 6.91. The summed E-state index contributed by atoms with van der Waals surface area (Å²) >= 11 is 0.870. The molecule has 2 aliphatic rings. The van der Waals surface area contributed by atoms with E-state index < -0.39 is 23.2 Å². The van der Waals surface area contributed by atoms with E-state index in [9.17, 15) is 27.9 Å². The highest BCUT2D eigenvalue weighted by Crippen LogP contribution is 2.43. The Morgan fingerprint density at radius 3 is 2.38 bits per heavy atom. The van der Waals surface area contributed by atoms with E-state index in [2.05, 4.69) is 27.5 Å². The molecular weight excluding hydrogens is 531 g/mol. The summed E-state index contributed by atoms with van der Waals surface area (Å²) in [5, 5.41) is 15.4. The summed E-state index contributed by atoms with van der Waals surface area (Å²) in [5.74, 6) is 0.0303. The highest BCUT2D eigenvalue weighted by atomic mass is 32.1. The molecule has 2 aromatic rings. The summed E-state index contributed by atoms with van der Waals surface area (Å²) in [5.41, 5.74) is -2.09. The average molecular weight is 570 g/mol. The zero-order valence-electron chi connectivity index (χ0n) is 23.3. The fourth-order valence-electron chi connectivity index (χ4n) is 4.40. The van der Waals surface area contributed by atoms with Crippen LogP contribution in [0.15, 0.2) is 12.3 Å². The van der Waals surface area contributed by atoms with E-state index in [1.165, 1.54) is 32.9 Å². The average Bonchev–Trinajstić information content (AvgIpc) is 3.52. The number of rotatable bonds is 8. The maximum absolute atomic E-state index is 13.9. The SMILES string of the molecule is CC1CCCN1C=O.Cc1nc(C(=O)NCC(C)(C)O)sc1-c1cnc(NC(C)(C)C2CC2)cc1C(F)(F)F. The van der Waals surface area contributed by atoms with Gasteiger partial charge in [-0.3, -0.25) is 9.59 Å². The van der Waals surface area contributed by atoms with Gasteiger partial charge in [0.1, 0.15) is 5.82 Å². The highest BCUT2D eigenvalue weighted by Gasteiger charge is 2.39. The number of carbonyl (C=O) groups excluding carboxylic acids is 2. The number of likely N-dealkylation sites (tertiary alicyclic amines) is 1. The molecule has 1 saturated heterocycles. The minimum atomic E-state index is -4.60. The van der Waals surface area contributed by atoms with Crippen LogP contribution in [0, 0.1) is 12.8 Å². The van der Waals surface area contributed by atoms with E-state index >= 15 is 0 Å². The van der Waals surface area contributed by atoms with Crippen molar-refractivity contribution in [2.75, 3.05) is 18.4 Å². The first-order valence-corrected chi connectivity index (χ1v) is 13.9. The van der Waals surface area contributed by atoms with Crippen molar-refractivity contribution in [3.8, 4) is 10.4 Å². The van der Waals surface area contributed by atoms with Gasteiger partial charge in [-0.1, -0.05) is 0 Å². The number of nitrogens with zero attached hydrogens (tertiary/aromatic N) is 3. The van der Waals surface area contributed by atoms with Crippen LogP contribution in [-0.4, -0.2) is 62.6 Å². The summed E-state index contributed by atoms with van der Waals surface area (Å²) in [7, 11) is 0. The van der Waals surface area contributed by atoms with Crippen LogP contribution in [0.1, 0.15) is 81.4 Å². The smallest absolute Gasteiger partial charge is 0.389 e. The topological polar surface area (TPSA) is 107 Å². The van der Waals surface area contributed by atoms with Crippen molar-refractivity contribution in [3.05, 3.63) is 28.5 Å². The van der Waals surface area contributed by atoms with E-state index in [0.717, 1.165) is 43.2 Å². The lowest BCUT2D eigenvalue weighted by Gasteiger charge is -2.27. The fourth-order valence-corrected chi connectivity index (χ4v) is 5.41. The molecule has 39 heavy (non-hydrogen) atoms. The van der Waals surface area contributed by atoms with Crippen molar-refractivity contribution in [1.82, 2.24) is 20.2 Å². The molecule has 1 unspecified atom stereocenters. The van der Waals surface area contributed by atoms with E-state index in [0.29, 0.717) is 17.7 Å². The molecule has 2 fully saturated rings. The van der Waals surface area contributed by atoms with Gasteiger partial charge in [-0.2, -0.15) is 13.2 Å². The largest absolute Gasteiger partial charge is 0.417 e. The van der Waals surface area contributed by atoms with E-state index in [1.54, 1.807) is 6.92 Å². The number of aliphatic hydroxyl groups is 1. The number of aromatic nitrogens is 2. The monoisotopic (exact) mass is 569 g/mol. The van der Waals surface area contributed by atoms with Crippen molar-refractivity contribution in [2.45, 2.75) is 90.6 Å². The molecule has 216 valence electrons. The van der Waals surface area contributed by atoms with Gasteiger partial charge >= 0.3 is 6.18 Å². The predicted molar refractivity (Wildman–Crippen MR) is 146 cm³/mol. The van der Waals surface area contributed by atoms with Crippen LogP contribution in [0.5, 0.6) is 0 Å². The minimum absolute atomic E-state index is 0.00764. The number of nitrogens with one attached hydrogen (secondary N) is 2. The van der Waals surface area contributed by atoms with E-state index in [1.807, 2.05) is 18.7 Å². The Morgan fingerprint density at radius 2 is 1.90 bits per heavy atom. The molecule has 12 heteroatoms. The van der Waals surface area contributed by atoms with Crippen molar-refractivity contribution in [3.63, 3.8) is 0 Å². The zero-order chi connectivity index (χ0) is 29.2. The number of aryl methyl sites for hydroxylation is 1. The highest BCUT2D eigenvalue weighted by molar-refractivity contribution is 7.17. The lowest BCUT2D eigenvalue weighted by Crippen LogP contribution is -2.38. The van der Waals surface area contributed by atoms with Crippen LogP contribution in [0.25, 0.3) is 10.4 Å². The van der Waals surface area contributed by atoms with Crippen molar-refractivity contribution < 1.29 is 27.9 Å². The maximum Gasteiger partial charge on any atom is 0.417 e. The van der Waals surface area contributed by atoms with Gasteiger partial charge in [0.05, 0.1) is 21.7 Å². The molecule has 0 aromatic carbocycles. The molecule has 0 bridgehead atoms. The lowest BCUT2D eigenvalue weighted by molar-refractivity contribution is -0.137. The first-order valence-electron chi connectivity index (χ1n) is 13.1. The Bertz CT molecular complexity index is 1170. The van der Waals surface area contributed by atoms with Crippen molar-refractivity contribution in [1.29, 1.82) is 0 Å². The molecule has 2 amide bonds. The molecule has 0 radical (unpaired) electrons. The molecule has 2 aromatic heterocycles. The van der Waals surface area contributed by atoms with Crippen LogP contribution in [0.2, 0.25) is 0 Å². The Hall–Kier alpha value is -2.73. The number of thiazole rings is 1. The number of pyridine rings is 1. The normalized spacial score (nSPS) is 17.9. The Kier molecular flexibility index (Phi) is 9.31. The number of amides is 2. The van der Waals surface area contributed by atoms with Crippen LogP contribution in [0.3, 0.4) is 0 Å². The quantitative estimate of drug-likeness (QED) is 0.375. The van der Waals surface area contributed by atoms with Crippen molar-refractivity contribution >= 4 is 29.5 Å². The number of carbonyl (C=O) groups is 2. The van der Waals surface area contributed by atoms with Crippen LogP contribution >= 0.6 is 11.3 Å². The zero-order valence-corrected chi connectivity index (χ0v) is 24.1. The molecule has 3 heterocycles. The van der Waals surface area contributed by atoms with Gasteiger partial charge in [0.15, 0.2) is 5.01 Å². The van der Waals surface area contributed by atoms with Crippen LogP contribution in [0.4, 0.5) is 19.0 Å². The molecular formula is C27H38F3N5O3S. The number of anilines is 1. The van der Waals surface area contributed by atoms with Crippen molar-refractivity contribution in [2.24, 2.45) is 5.92 Å². The van der Waals surface area contributed by atoms with Gasteiger partial charge in [-0.25, -0.2) is 9.97 Å². The van der Waals surface area contributed by atoms with Gasteiger partial charge in [0.2, 0.25) is 6.41 Å². The second-order valence-corrected chi connectivity index (χ2v) is 12.5. The first kappa shape index (κ1) is 30.8. The Balaban J connectivity index is 0.000000449. The second kappa shape index (κ2) is 11.8. The van der Waals surface area contributed by atoms with Gasteiger partial charge in [0.25, 0.3) is 5.91 Å². The summed E-state index contributed by atoms with van der Waals surface area (Å²) in [4.78, 5) is 32.9. The van der Waals surface area contributed by atoms with Gasteiger partial charge in [0, 0.05) is 36.4 Å². The summed E-state index contributed by atoms with van der Waals surface area (Å²) in [6.45, 7) is 11.6. The third-order valence-corrected chi connectivity index (χ3v) is 8.10. The molecule has 8 nitrogen and oxygen atoms in total. The summed E-state index contributed by atoms with van der Waals surface area (Å²) in [6, 6.07) is 1.51. The number of halogens is 3. The molecule has 1 aliphatic heterocycles. The lowest BCUT2D eigenvalue weighted by atomic mass is 9.98. The molecule has 1 saturated carbocycles. The number of hydrogen-bond donors (Lipinski definition) is 3. The number of hydrogen-bond acceptors (Lipinski definition) is 7. The van der Waals surface area contributed by atoms with E-state index in [4.69, 9.17) is 0 Å². The second-order valence-electron chi connectivity index (χ2n) is 11.5. The predicted octanol–water partition coefficient (Wildman–Crippen LogP) is 5.26. The molecule has 1 aliphatic carbocycles. The molecule has 1 atom stereocenters. The molecule has 0 spiro atoms. The van der Waals surface area contributed by atoms with Gasteiger partial charge < -0.3 is 20.6 Å². The Morgan fingerprint density at radius 1 is 1.23 bits per heavy atom. The van der Waals surface area contributed by atoms with E-state index in [-0.39, 0.29) is 33.3 Å².